The topological polar surface area (TPSA) is 47.9 Å². The number of aliphatic imine (C=N–C) groups is 1. The second-order valence-electron chi connectivity index (χ2n) is 6.24. The summed E-state index contributed by atoms with van der Waals surface area (Å²) >= 11 is 2.00. The van der Waals surface area contributed by atoms with Gasteiger partial charge in [-0.3, -0.25) is 4.79 Å². The molecule has 1 aliphatic heterocycles. The highest BCUT2D eigenvalue weighted by atomic mass is 127. The number of rotatable bonds is 5. The number of thioether (sulfide) groups is 1. The van der Waals surface area contributed by atoms with Crippen LogP contribution in [0.5, 0.6) is 0 Å². The van der Waals surface area contributed by atoms with E-state index in [2.05, 4.69) is 36.0 Å². The smallest absolute Gasteiger partial charge is 0.243 e. The second kappa shape index (κ2) is 10.6. The average molecular weight is 442 g/mol. The molecule has 1 amide bonds. The maximum Gasteiger partial charge on any atom is 0.243 e. The van der Waals surface area contributed by atoms with Crippen LogP contribution in [0.2, 0.25) is 0 Å². The Balaban J connectivity index is 0.00000441. The molecule has 1 rings (SSSR count). The lowest BCUT2D eigenvalue weighted by molar-refractivity contribution is -0.127. The van der Waals surface area contributed by atoms with Gasteiger partial charge >= 0.3 is 0 Å². The summed E-state index contributed by atoms with van der Waals surface area (Å²) < 4.78 is 0.233. The molecule has 0 aliphatic carbocycles. The number of nitrogens with zero attached hydrogens (tertiary/aromatic N) is 3. The summed E-state index contributed by atoms with van der Waals surface area (Å²) in [6, 6.07) is 0. The quantitative estimate of drug-likeness (QED) is 0.307. The Morgan fingerprint density at radius 1 is 1.41 bits per heavy atom. The van der Waals surface area contributed by atoms with Crippen molar-refractivity contribution in [1.82, 2.24) is 15.1 Å². The summed E-state index contributed by atoms with van der Waals surface area (Å²) in [5.74, 6) is 2.02. The van der Waals surface area contributed by atoms with E-state index in [1.807, 2.05) is 11.8 Å². The number of unbranched alkanes of at least 4 members (excludes halogenated alkanes) is 1. The number of amides is 1. The first-order chi connectivity index (χ1) is 9.85. The average Bonchev–Trinajstić information content (AvgIpc) is 2.41. The number of carbonyl (C=O) groups is 1. The minimum absolute atomic E-state index is 0. The summed E-state index contributed by atoms with van der Waals surface area (Å²) in [6.07, 6.45) is 2.27. The number of halogens is 1. The van der Waals surface area contributed by atoms with Crippen molar-refractivity contribution < 1.29 is 4.79 Å². The van der Waals surface area contributed by atoms with Gasteiger partial charge in [-0.05, 0) is 20.3 Å². The Bertz CT molecular complexity index is 375. The lowest BCUT2D eigenvalue weighted by Gasteiger charge is -2.39. The Morgan fingerprint density at radius 2 is 2.09 bits per heavy atom. The van der Waals surface area contributed by atoms with Crippen LogP contribution in [0.3, 0.4) is 0 Å². The maximum absolute atomic E-state index is 11.8. The van der Waals surface area contributed by atoms with Gasteiger partial charge in [0.15, 0.2) is 5.96 Å². The van der Waals surface area contributed by atoms with E-state index in [0.29, 0.717) is 0 Å². The van der Waals surface area contributed by atoms with E-state index in [0.717, 1.165) is 44.2 Å². The van der Waals surface area contributed by atoms with Crippen molar-refractivity contribution >= 4 is 47.6 Å². The van der Waals surface area contributed by atoms with Gasteiger partial charge in [0, 0.05) is 44.2 Å². The number of carbonyl (C=O) groups excluding carboxylic acids is 1. The second-order valence-corrected chi connectivity index (χ2v) is 8.04. The first kappa shape index (κ1) is 21.8. The lowest BCUT2D eigenvalue weighted by Crippen LogP contribution is -2.51. The van der Waals surface area contributed by atoms with Gasteiger partial charge in [-0.25, -0.2) is 4.99 Å². The molecule has 130 valence electrons. The summed E-state index contributed by atoms with van der Waals surface area (Å²) in [5.41, 5.74) is 0. The molecule has 0 unspecified atom stereocenters. The highest BCUT2D eigenvalue weighted by molar-refractivity contribution is 14.0. The van der Waals surface area contributed by atoms with Gasteiger partial charge in [0.25, 0.3) is 0 Å². The zero-order chi connectivity index (χ0) is 15.9. The molecule has 0 aromatic carbocycles. The summed E-state index contributed by atoms with van der Waals surface area (Å²) in [5, 5.41) is 3.42. The standard InChI is InChI=1S/C15H30N4OS.HI/c1-6-7-8-16-14(17-11-13(20)18(4)5)19-9-10-21-15(2,3)12-19;/h6-12H2,1-5H3,(H,16,17);1H. The number of likely N-dealkylation sites (N-methyl/N-ethyl adjacent to an activating group) is 1. The predicted octanol–water partition coefficient (Wildman–Crippen LogP) is 2.27. The third-order valence-corrected chi connectivity index (χ3v) is 4.70. The third kappa shape index (κ3) is 7.89. The molecule has 0 saturated carbocycles. The molecule has 0 atom stereocenters. The van der Waals surface area contributed by atoms with E-state index in [4.69, 9.17) is 0 Å². The van der Waals surface area contributed by atoms with Crippen molar-refractivity contribution in [2.24, 2.45) is 4.99 Å². The molecule has 22 heavy (non-hydrogen) atoms. The van der Waals surface area contributed by atoms with Gasteiger partial charge in [0.1, 0.15) is 6.54 Å². The molecular formula is C15H31IN4OS. The predicted molar refractivity (Wildman–Crippen MR) is 107 cm³/mol. The van der Waals surface area contributed by atoms with Gasteiger partial charge in [-0.15, -0.1) is 24.0 Å². The van der Waals surface area contributed by atoms with Crippen molar-refractivity contribution in [1.29, 1.82) is 0 Å². The van der Waals surface area contributed by atoms with Crippen LogP contribution in [0.1, 0.15) is 33.6 Å². The van der Waals surface area contributed by atoms with Crippen molar-refractivity contribution in [2.45, 2.75) is 38.4 Å². The fourth-order valence-corrected chi connectivity index (χ4v) is 3.24. The highest BCUT2D eigenvalue weighted by Crippen LogP contribution is 2.29. The molecular weight excluding hydrogens is 411 g/mol. The van der Waals surface area contributed by atoms with Crippen LogP contribution in [0.4, 0.5) is 0 Å². The fourth-order valence-electron chi connectivity index (χ4n) is 2.13. The van der Waals surface area contributed by atoms with Crippen LogP contribution < -0.4 is 5.32 Å². The molecule has 0 radical (unpaired) electrons. The van der Waals surface area contributed by atoms with Crippen molar-refractivity contribution in [3.63, 3.8) is 0 Å². The van der Waals surface area contributed by atoms with Gasteiger partial charge in [-0.1, -0.05) is 13.3 Å². The van der Waals surface area contributed by atoms with E-state index in [1.165, 1.54) is 0 Å². The minimum atomic E-state index is 0. The maximum atomic E-state index is 11.8. The molecule has 1 fully saturated rings. The van der Waals surface area contributed by atoms with Crippen molar-refractivity contribution in [3.05, 3.63) is 0 Å². The molecule has 1 N–H and O–H groups in total. The van der Waals surface area contributed by atoms with Gasteiger partial charge in [-0.2, -0.15) is 11.8 Å². The van der Waals surface area contributed by atoms with Crippen LogP contribution in [0.25, 0.3) is 0 Å². The molecule has 0 bridgehead atoms. The molecule has 0 aromatic heterocycles. The van der Waals surface area contributed by atoms with Gasteiger partial charge in [0.05, 0.1) is 0 Å². The van der Waals surface area contributed by atoms with E-state index < -0.39 is 0 Å². The Labute approximate surface area is 156 Å². The Kier molecular flexibility index (Phi) is 10.5. The van der Waals surface area contributed by atoms with Crippen molar-refractivity contribution in [3.8, 4) is 0 Å². The van der Waals surface area contributed by atoms with E-state index in [-0.39, 0.29) is 41.2 Å². The third-order valence-electron chi connectivity index (χ3n) is 3.40. The summed E-state index contributed by atoms with van der Waals surface area (Å²) in [6.45, 7) is 9.78. The first-order valence-electron chi connectivity index (χ1n) is 7.73. The summed E-state index contributed by atoms with van der Waals surface area (Å²) in [7, 11) is 3.53. The van der Waals surface area contributed by atoms with Gasteiger partial charge < -0.3 is 15.1 Å². The Hall–Kier alpha value is -0.180. The van der Waals surface area contributed by atoms with Crippen LogP contribution >= 0.6 is 35.7 Å². The molecule has 1 aliphatic rings. The molecule has 0 spiro atoms. The van der Waals surface area contributed by atoms with Crippen LogP contribution in [-0.4, -0.2) is 72.4 Å². The van der Waals surface area contributed by atoms with E-state index in [1.54, 1.807) is 19.0 Å². The van der Waals surface area contributed by atoms with E-state index >= 15 is 0 Å². The minimum Gasteiger partial charge on any atom is -0.356 e. The lowest BCUT2D eigenvalue weighted by atomic mass is 10.2. The zero-order valence-electron chi connectivity index (χ0n) is 14.5. The SMILES string of the molecule is CCCCNC(=NCC(=O)N(C)C)N1CCSC(C)(C)C1.I. The first-order valence-corrected chi connectivity index (χ1v) is 8.71. The molecule has 5 nitrogen and oxygen atoms in total. The Morgan fingerprint density at radius 3 is 2.64 bits per heavy atom. The van der Waals surface area contributed by atoms with Crippen LogP contribution in [0.15, 0.2) is 4.99 Å². The molecule has 1 saturated heterocycles. The van der Waals surface area contributed by atoms with Crippen LogP contribution in [0, 0.1) is 0 Å². The highest BCUT2D eigenvalue weighted by Gasteiger charge is 2.28. The summed E-state index contributed by atoms with van der Waals surface area (Å²) in [4.78, 5) is 20.2. The largest absolute Gasteiger partial charge is 0.356 e. The van der Waals surface area contributed by atoms with Crippen LogP contribution in [-0.2, 0) is 4.79 Å². The van der Waals surface area contributed by atoms with Crippen molar-refractivity contribution in [2.75, 3.05) is 46.0 Å². The van der Waals surface area contributed by atoms with E-state index in [9.17, 15) is 4.79 Å². The normalized spacial score (nSPS) is 17.7. The zero-order valence-corrected chi connectivity index (χ0v) is 17.7. The molecule has 1 heterocycles. The fraction of sp³-hybridized carbons (Fsp3) is 0.867. The molecule has 0 aromatic rings. The molecule has 7 heteroatoms. The monoisotopic (exact) mass is 442 g/mol. The number of guanidine groups is 1. The van der Waals surface area contributed by atoms with Gasteiger partial charge in [0.2, 0.25) is 5.91 Å². The number of nitrogens with one attached hydrogen (secondary N) is 1. The number of hydrogen-bond donors (Lipinski definition) is 1. The number of hydrogen-bond acceptors (Lipinski definition) is 3.